The van der Waals surface area contributed by atoms with Crippen molar-refractivity contribution in [2.45, 2.75) is 38.8 Å². The van der Waals surface area contributed by atoms with Gasteiger partial charge in [0.15, 0.2) is 0 Å². The number of nitrogens with zero attached hydrogens (tertiary/aromatic N) is 1. The van der Waals surface area contributed by atoms with E-state index in [4.69, 9.17) is 23.2 Å². The number of benzene rings is 1. The number of anilines is 1. The first kappa shape index (κ1) is 16.0. The highest BCUT2D eigenvalue weighted by Gasteiger charge is 2.46. The summed E-state index contributed by atoms with van der Waals surface area (Å²) in [4.78, 5) is 26.1. The third kappa shape index (κ3) is 2.72. The molecule has 114 valence electrons. The minimum Gasteiger partial charge on any atom is -0.340 e. The Labute approximate surface area is 132 Å². The second-order valence-electron chi connectivity index (χ2n) is 5.43. The molecule has 0 spiro atoms. The number of carbonyl (C=O) groups excluding carboxylic acids is 2. The standard InChI is InChI=1S/C14H15Cl2FN2O2/c1-4-10-12(20)18-14(2,3)13(21)19(10)11-8(15)5-7(17)6-9(11)16/h5-6,10H,4H2,1-3H3,(H,18,20). The summed E-state index contributed by atoms with van der Waals surface area (Å²) >= 11 is 12.1. The average Bonchev–Trinajstić information content (AvgIpc) is 2.33. The molecule has 1 N–H and O–H groups in total. The lowest BCUT2D eigenvalue weighted by Gasteiger charge is -2.43. The summed E-state index contributed by atoms with van der Waals surface area (Å²) < 4.78 is 13.3. The van der Waals surface area contributed by atoms with Crippen molar-refractivity contribution < 1.29 is 14.0 Å². The van der Waals surface area contributed by atoms with Crippen molar-refractivity contribution in [3.63, 3.8) is 0 Å². The average molecular weight is 333 g/mol. The van der Waals surface area contributed by atoms with Gasteiger partial charge < -0.3 is 5.32 Å². The van der Waals surface area contributed by atoms with Gasteiger partial charge in [0.25, 0.3) is 5.91 Å². The number of nitrogens with one attached hydrogen (secondary N) is 1. The number of rotatable bonds is 2. The first-order valence-electron chi connectivity index (χ1n) is 6.49. The Hall–Kier alpha value is -1.33. The molecular formula is C14H15Cl2FN2O2. The third-order valence-corrected chi connectivity index (χ3v) is 3.99. The van der Waals surface area contributed by atoms with Gasteiger partial charge >= 0.3 is 0 Å². The quantitative estimate of drug-likeness (QED) is 0.904. The Morgan fingerprint density at radius 2 is 1.81 bits per heavy atom. The van der Waals surface area contributed by atoms with E-state index in [9.17, 15) is 14.0 Å². The minimum atomic E-state index is -1.08. The van der Waals surface area contributed by atoms with E-state index < -0.39 is 17.4 Å². The Bertz CT molecular complexity index is 596. The molecule has 1 aliphatic rings. The largest absolute Gasteiger partial charge is 0.340 e. The molecule has 1 aromatic rings. The van der Waals surface area contributed by atoms with E-state index >= 15 is 0 Å². The highest BCUT2D eigenvalue weighted by molar-refractivity contribution is 6.40. The summed E-state index contributed by atoms with van der Waals surface area (Å²) in [6.07, 6.45) is 0.387. The van der Waals surface area contributed by atoms with Crippen LogP contribution in [0.3, 0.4) is 0 Å². The Balaban J connectivity index is 2.63. The van der Waals surface area contributed by atoms with Gasteiger partial charge in [-0.15, -0.1) is 0 Å². The van der Waals surface area contributed by atoms with Gasteiger partial charge in [0.2, 0.25) is 5.91 Å². The van der Waals surface area contributed by atoms with Crippen molar-refractivity contribution >= 4 is 40.7 Å². The molecule has 1 saturated heterocycles. The van der Waals surface area contributed by atoms with Crippen LogP contribution in [-0.2, 0) is 9.59 Å². The molecule has 0 aliphatic carbocycles. The van der Waals surface area contributed by atoms with Crippen molar-refractivity contribution in [1.82, 2.24) is 5.32 Å². The fraction of sp³-hybridized carbons (Fsp3) is 0.429. The summed E-state index contributed by atoms with van der Waals surface area (Å²) in [5.74, 6) is -1.24. The zero-order valence-electron chi connectivity index (χ0n) is 11.8. The lowest BCUT2D eigenvalue weighted by molar-refractivity contribution is -0.137. The molecule has 2 rings (SSSR count). The molecule has 0 radical (unpaired) electrons. The van der Waals surface area contributed by atoms with Gasteiger partial charge in [-0.05, 0) is 32.4 Å². The maximum Gasteiger partial charge on any atom is 0.252 e. The van der Waals surface area contributed by atoms with Gasteiger partial charge in [0.05, 0.1) is 15.7 Å². The van der Waals surface area contributed by atoms with Crippen molar-refractivity contribution in [2.24, 2.45) is 0 Å². The van der Waals surface area contributed by atoms with Gasteiger partial charge in [-0.25, -0.2) is 4.39 Å². The van der Waals surface area contributed by atoms with Gasteiger partial charge in [-0.1, -0.05) is 30.1 Å². The molecule has 7 heteroatoms. The second-order valence-corrected chi connectivity index (χ2v) is 6.25. The number of hydrogen-bond donors (Lipinski definition) is 1. The SMILES string of the molecule is CCC1C(=O)NC(C)(C)C(=O)N1c1c(Cl)cc(F)cc1Cl. The number of hydrogen-bond acceptors (Lipinski definition) is 2. The summed E-state index contributed by atoms with van der Waals surface area (Å²) in [6, 6.07) is 1.41. The van der Waals surface area contributed by atoms with Crippen LogP contribution in [0.4, 0.5) is 10.1 Å². The molecule has 21 heavy (non-hydrogen) atoms. The smallest absolute Gasteiger partial charge is 0.252 e. The maximum absolute atomic E-state index is 13.3. The lowest BCUT2D eigenvalue weighted by Crippen LogP contribution is -2.68. The monoisotopic (exact) mass is 332 g/mol. The summed E-state index contributed by atoms with van der Waals surface area (Å²) in [5.41, 5.74) is -0.913. The highest BCUT2D eigenvalue weighted by atomic mass is 35.5. The predicted octanol–water partition coefficient (Wildman–Crippen LogP) is 3.15. The fourth-order valence-electron chi connectivity index (χ4n) is 2.39. The van der Waals surface area contributed by atoms with Gasteiger partial charge in [-0.3, -0.25) is 14.5 Å². The van der Waals surface area contributed by atoms with E-state index in [-0.39, 0.29) is 27.5 Å². The van der Waals surface area contributed by atoms with Crippen molar-refractivity contribution in [3.8, 4) is 0 Å². The van der Waals surface area contributed by atoms with Gasteiger partial charge in [-0.2, -0.15) is 0 Å². The van der Waals surface area contributed by atoms with Gasteiger partial charge in [0.1, 0.15) is 17.4 Å². The Kier molecular flexibility index (Phi) is 4.17. The van der Waals surface area contributed by atoms with Crippen LogP contribution in [0.15, 0.2) is 12.1 Å². The zero-order valence-corrected chi connectivity index (χ0v) is 13.3. The van der Waals surface area contributed by atoms with E-state index in [0.717, 1.165) is 12.1 Å². The molecule has 2 amide bonds. The third-order valence-electron chi connectivity index (χ3n) is 3.41. The number of amides is 2. The van der Waals surface area contributed by atoms with Crippen LogP contribution < -0.4 is 10.2 Å². The van der Waals surface area contributed by atoms with Crippen LogP contribution in [-0.4, -0.2) is 23.4 Å². The van der Waals surface area contributed by atoms with Gasteiger partial charge in [0, 0.05) is 0 Å². The topological polar surface area (TPSA) is 49.4 Å². The molecule has 0 bridgehead atoms. The van der Waals surface area contributed by atoms with E-state index in [1.807, 2.05) is 0 Å². The molecule has 1 atom stereocenters. The molecule has 0 aromatic heterocycles. The van der Waals surface area contributed by atoms with Crippen molar-refractivity contribution in [1.29, 1.82) is 0 Å². The maximum atomic E-state index is 13.3. The van der Waals surface area contributed by atoms with Crippen molar-refractivity contribution in [3.05, 3.63) is 28.0 Å². The molecule has 0 saturated carbocycles. The van der Waals surface area contributed by atoms with E-state index in [1.54, 1.807) is 20.8 Å². The number of piperazine rings is 1. The van der Waals surface area contributed by atoms with Crippen LogP contribution >= 0.6 is 23.2 Å². The zero-order chi connectivity index (χ0) is 15.9. The summed E-state index contributed by atoms with van der Waals surface area (Å²) in [7, 11) is 0. The molecule has 4 nitrogen and oxygen atoms in total. The van der Waals surface area contributed by atoms with Crippen LogP contribution in [0.5, 0.6) is 0 Å². The first-order chi connectivity index (χ1) is 9.69. The first-order valence-corrected chi connectivity index (χ1v) is 7.25. The van der Waals surface area contributed by atoms with Crippen LogP contribution in [0.25, 0.3) is 0 Å². The summed E-state index contributed by atoms with van der Waals surface area (Å²) in [6.45, 7) is 4.96. The van der Waals surface area contributed by atoms with Crippen LogP contribution in [0.1, 0.15) is 27.2 Å². The Morgan fingerprint density at radius 1 is 1.29 bits per heavy atom. The normalized spacial score (nSPS) is 21.4. The number of carbonyl (C=O) groups is 2. The second kappa shape index (κ2) is 5.46. The highest BCUT2D eigenvalue weighted by Crippen LogP contribution is 2.38. The molecule has 1 aromatic carbocycles. The van der Waals surface area contributed by atoms with Crippen LogP contribution in [0.2, 0.25) is 10.0 Å². The fourth-order valence-corrected chi connectivity index (χ4v) is 3.04. The van der Waals surface area contributed by atoms with Crippen LogP contribution in [0, 0.1) is 5.82 Å². The van der Waals surface area contributed by atoms with E-state index in [1.165, 1.54) is 4.90 Å². The summed E-state index contributed by atoms with van der Waals surface area (Å²) in [5, 5.41) is 2.66. The van der Waals surface area contributed by atoms with Crippen molar-refractivity contribution in [2.75, 3.05) is 4.90 Å². The minimum absolute atomic E-state index is 0.00250. The Morgan fingerprint density at radius 3 is 2.29 bits per heavy atom. The van der Waals surface area contributed by atoms with E-state index in [0.29, 0.717) is 6.42 Å². The van der Waals surface area contributed by atoms with E-state index in [2.05, 4.69) is 5.32 Å². The molecule has 1 aliphatic heterocycles. The molecule has 1 unspecified atom stereocenters. The number of halogens is 3. The molecule has 1 fully saturated rings. The lowest BCUT2D eigenvalue weighted by atomic mass is 9.95. The molecule has 1 heterocycles. The molecular weight excluding hydrogens is 318 g/mol. The predicted molar refractivity (Wildman–Crippen MR) is 80.2 cm³/mol.